The Morgan fingerprint density at radius 3 is 2.64 bits per heavy atom. The lowest BCUT2D eigenvalue weighted by Gasteiger charge is -2.03. The first-order valence-corrected chi connectivity index (χ1v) is 3.00. The highest BCUT2D eigenvalue weighted by atomic mass is 19.1. The summed E-state index contributed by atoms with van der Waals surface area (Å²) in [6.45, 7) is 0. The third kappa shape index (κ3) is 1.52. The summed E-state index contributed by atoms with van der Waals surface area (Å²) >= 11 is 0. The lowest BCUT2D eigenvalue weighted by atomic mass is 10.0. The molecule has 0 aromatic carbocycles. The van der Waals surface area contributed by atoms with Crippen molar-refractivity contribution in [2.75, 3.05) is 0 Å². The summed E-state index contributed by atoms with van der Waals surface area (Å²) in [7, 11) is 0. The summed E-state index contributed by atoms with van der Waals surface area (Å²) in [5, 5.41) is 0. The summed E-state index contributed by atoms with van der Waals surface area (Å²) < 4.78 is 12.7. The normalized spacial score (nSPS) is 17.4. The van der Waals surface area contributed by atoms with Crippen LogP contribution in [0.1, 0.15) is 6.42 Å². The first-order valence-electron chi connectivity index (χ1n) is 3.00. The van der Waals surface area contributed by atoms with E-state index in [4.69, 9.17) is 5.73 Å². The highest BCUT2D eigenvalue weighted by Gasteiger charge is 2.16. The van der Waals surface area contributed by atoms with E-state index < -0.39 is 11.7 Å². The second kappa shape index (κ2) is 2.65. The molecule has 0 saturated carbocycles. The van der Waals surface area contributed by atoms with Crippen LogP contribution < -0.4 is 5.73 Å². The lowest BCUT2D eigenvalue weighted by Crippen LogP contribution is -2.16. The Hall–Kier alpha value is -1.45. The zero-order valence-electron chi connectivity index (χ0n) is 5.63. The van der Waals surface area contributed by atoms with E-state index in [1.807, 2.05) is 0 Å². The maximum absolute atomic E-state index is 12.7. The Morgan fingerprint density at radius 1 is 1.55 bits per heavy atom. The Labute approximate surface area is 62.4 Å². The molecule has 11 heavy (non-hydrogen) atoms. The third-order valence-corrected chi connectivity index (χ3v) is 1.32. The van der Waals surface area contributed by atoms with Crippen molar-refractivity contribution >= 4 is 11.7 Å². The molecule has 3 nitrogen and oxygen atoms in total. The van der Waals surface area contributed by atoms with Crippen LogP contribution in [-0.4, -0.2) is 11.7 Å². The Bertz CT molecular complexity index is 278. The van der Waals surface area contributed by atoms with Gasteiger partial charge in [-0.15, -0.1) is 0 Å². The first kappa shape index (κ1) is 7.65. The van der Waals surface area contributed by atoms with Gasteiger partial charge in [0, 0.05) is 0 Å². The number of rotatable bonds is 1. The number of halogens is 1. The molecule has 1 aliphatic rings. The smallest absolute Gasteiger partial charge is 0.251 e. The predicted octanol–water partition coefficient (Wildman–Crippen LogP) is 0.224. The monoisotopic (exact) mass is 155 g/mol. The Morgan fingerprint density at radius 2 is 2.18 bits per heavy atom. The number of hydrogen-bond donors (Lipinski definition) is 1. The number of carbonyl (C=O) groups is 2. The van der Waals surface area contributed by atoms with Crippen molar-refractivity contribution in [3.05, 3.63) is 23.6 Å². The fraction of sp³-hybridized carbons (Fsp3) is 0.143. The molecule has 0 aromatic heterocycles. The van der Waals surface area contributed by atoms with Gasteiger partial charge in [-0.25, -0.2) is 4.39 Å². The van der Waals surface area contributed by atoms with E-state index in [1.54, 1.807) is 0 Å². The number of allylic oxidation sites excluding steroid dienone is 2. The Kier molecular flexibility index (Phi) is 1.85. The van der Waals surface area contributed by atoms with Crippen LogP contribution >= 0.6 is 0 Å². The Balaban J connectivity index is 2.97. The van der Waals surface area contributed by atoms with Crippen LogP contribution in [0.3, 0.4) is 0 Å². The zero-order valence-corrected chi connectivity index (χ0v) is 5.63. The molecule has 0 unspecified atom stereocenters. The maximum Gasteiger partial charge on any atom is 0.251 e. The van der Waals surface area contributed by atoms with Crippen molar-refractivity contribution < 1.29 is 14.0 Å². The fourth-order valence-electron chi connectivity index (χ4n) is 0.790. The van der Waals surface area contributed by atoms with Crippen molar-refractivity contribution in [2.24, 2.45) is 5.73 Å². The average molecular weight is 155 g/mol. The minimum absolute atomic E-state index is 0.204. The van der Waals surface area contributed by atoms with Gasteiger partial charge in [-0.3, -0.25) is 9.59 Å². The van der Waals surface area contributed by atoms with Crippen LogP contribution in [0.15, 0.2) is 23.6 Å². The van der Waals surface area contributed by atoms with Gasteiger partial charge in [0.15, 0.2) is 5.78 Å². The molecule has 1 rings (SSSR count). The van der Waals surface area contributed by atoms with Crippen LogP contribution in [0, 0.1) is 0 Å². The number of carbonyl (C=O) groups excluding carboxylic acids is 2. The molecule has 58 valence electrons. The van der Waals surface area contributed by atoms with Crippen LogP contribution in [0.2, 0.25) is 0 Å². The van der Waals surface area contributed by atoms with E-state index in [0.717, 1.165) is 12.2 Å². The quantitative estimate of drug-likeness (QED) is 0.589. The van der Waals surface area contributed by atoms with E-state index >= 15 is 0 Å². The first-order chi connectivity index (χ1) is 5.11. The maximum atomic E-state index is 12.7. The van der Waals surface area contributed by atoms with Crippen molar-refractivity contribution in [3.8, 4) is 0 Å². The number of nitrogens with two attached hydrogens (primary N) is 1. The molecule has 4 heteroatoms. The van der Waals surface area contributed by atoms with Gasteiger partial charge in [-0.05, 0) is 12.2 Å². The standard InChI is InChI=1S/C7H6FNO2/c8-6-3-4(10)1-2-5(6)7(9)11/h1-2H,3H2,(H2,9,11). The summed E-state index contributed by atoms with van der Waals surface area (Å²) in [5.41, 5.74) is 4.60. The number of primary amides is 1. The summed E-state index contributed by atoms with van der Waals surface area (Å²) in [5.74, 6) is -1.94. The molecule has 1 amide bonds. The number of hydrogen-bond acceptors (Lipinski definition) is 2. The molecule has 0 heterocycles. The van der Waals surface area contributed by atoms with Gasteiger partial charge in [0.05, 0.1) is 12.0 Å². The average Bonchev–Trinajstić information content (AvgIpc) is 1.85. The molecular formula is C7H6FNO2. The molecule has 1 aliphatic carbocycles. The molecule has 0 spiro atoms. The molecule has 2 N–H and O–H groups in total. The third-order valence-electron chi connectivity index (χ3n) is 1.32. The molecule has 0 radical (unpaired) electrons. The van der Waals surface area contributed by atoms with Crippen LogP contribution in [0.4, 0.5) is 4.39 Å². The van der Waals surface area contributed by atoms with Crippen LogP contribution in [0.5, 0.6) is 0 Å². The van der Waals surface area contributed by atoms with Crippen molar-refractivity contribution in [3.63, 3.8) is 0 Å². The largest absolute Gasteiger partial charge is 0.366 e. The topological polar surface area (TPSA) is 60.2 Å². The van der Waals surface area contributed by atoms with Crippen molar-refractivity contribution in [1.29, 1.82) is 0 Å². The van der Waals surface area contributed by atoms with Crippen LogP contribution in [0.25, 0.3) is 0 Å². The molecule has 0 aliphatic heterocycles. The number of ketones is 1. The molecule has 0 aromatic rings. The highest BCUT2D eigenvalue weighted by molar-refractivity contribution is 6.02. The number of amides is 1. The van der Waals surface area contributed by atoms with Gasteiger partial charge in [-0.2, -0.15) is 0 Å². The van der Waals surface area contributed by atoms with E-state index in [0.29, 0.717) is 0 Å². The molecular weight excluding hydrogens is 149 g/mol. The van der Waals surface area contributed by atoms with Gasteiger partial charge >= 0.3 is 0 Å². The van der Waals surface area contributed by atoms with Gasteiger partial charge in [0.25, 0.3) is 5.91 Å². The summed E-state index contributed by atoms with van der Waals surface area (Å²) in [6.07, 6.45) is 1.89. The van der Waals surface area contributed by atoms with Gasteiger partial charge in [0.1, 0.15) is 5.83 Å². The van der Waals surface area contributed by atoms with Crippen molar-refractivity contribution in [1.82, 2.24) is 0 Å². The molecule has 0 atom stereocenters. The lowest BCUT2D eigenvalue weighted by molar-refractivity contribution is -0.114. The predicted molar refractivity (Wildman–Crippen MR) is 36.1 cm³/mol. The zero-order chi connectivity index (χ0) is 8.43. The second-order valence-electron chi connectivity index (χ2n) is 2.16. The summed E-state index contributed by atoms with van der Waals surface area (Å²) in [6, 6.07) is 0. The minimum atomic E-state index is -0.841. The molecule has 0 saturated heterocycles. The summed E-state index contributed by atoms with van der Waals surface area (Å²) in [4.78, 5) is 21.0. The van der Waals surface area contributed by atoms with E-state index in [9.17, 15) is 14.0 Å². The van der Waals surface area contributed by atoms with Gasteiger partial charge in [-0.1, -0.05) is 0 Å². The van der Waals surface area contributed by atoms with Gasteiger partial charge in [0.2, 0.25) is 0 Å². The SMILES string of the molecule is NC(=O)C1=C(F)CC(=O)C=C1. The van der Waals surface area contributed by atoms with Crippen molar-refractivity contribution in [2.45, 2.75) is 6.42 Å². The van der Waals surface area contributed by atoms with Crippen LogP contribution in [-0.2, 0) is 9.59 Å². The van der Waals surface area contributed by atoms with E-state index in [-0.39, 0.29) is 17.8 Å². The second-order valence-corrected chi connectivity index (χ2v) is 2.16. The van der Waals surface area contributed by atoms with E-state index in [2.05, 4.69) is 0 Å². The van der Waals surface area contributed by atoms with E-state index in [1.165, 1.54) is 0 Å². The van der Waals surface area contributed by atoms with Gasteiger partial charge < -0.3 is 5.73 Å². The molecule has 0 bridgehead atoms. The fourth-order valence-corrected chi connectivity index (χ4v) is 0.790. The molecule has 0 fully saturated rings. The minimum Gasteiger partial charge on any atom is -0.366 e. The highest BCUT2D eigenvalue weighted by Crippen LogP contribution is 2.16.